The number of benzene rings is 1. The van der Waals surface area contributed by atoms with E-state index in [2.05, 4.69) is 17.2 Å². The van der Waals surface area contributed by atoms with Gasteiger partial charge in [-0.15, -0.1) is 0 Å². The molecule has 0 saturated heterocycles. The van der Waals surface area contributed by atoms with Crippen LogP contribution in [0.2, 0.25) is 5.02 Å². The van der Waals surface area contributed by atoms with Crippen molar-refractivity contribution in [2.24, 2.45) is 5.73 Å². The smallest absolute Gasteiger partial charge is 0.234 e. The topological polar surface area (TPSA) is 64.3 Å². The van der Waals surface area contributed by atoms with Gasteiger partial charge in [-0.25, -0.2) is 0 Å². The van der Waals surface area contributed by atoms with Crippen molar-refractivity contribution in [3.05, 3.63) is 28.8 Å². The quantitative estimate of drug-likeness (QED) is 0.782. The van der Waals surface area contributed by atoms with Crippen molar-refractivity contribution in [2.75, 3.05) is 20.2 Å². The van der Waals surface area contributed by atoms with Crippen LogP contribution in [0.3, 0.4) is 0 Å². The molecule has 17 heavy (non-hydrogen) atoms. The van der Waals surface area contributed by atoms with Crippen LogP contribution in [0.15, 0.2) is 18.2 Å². The van der Waals surface area contributed by atoms with Crippen LogP contribution < -0.4 is 15.8 Å². The molecule has 1 amide bonds. The van der Waals surface area contributed by atoms with Gasteiger partial charge in [-0.05, 0) is 18.2 Å². The fraction of sp³-hybridized carbons (Fsp3) is 0.250. The largest absolute Gasteiger partial charge is 0.495 e. The zero-order valence-electron chi connectivity index (χ0n) is 9.42. The van der Waals surface area contributed by atoms with Crippen LogP contribution in [0, 0.1) is 11.8 Å². The molecule has 5 heteroatoms. The maximum atomic E-state index is 10.9. The lowest BCUT2D eigenvalue weighted by Gasteiger charge is -2.02. The average Bonchev–Trinajstić information content (AvgIpc) is 2.34. The van der Waals surface area contributed by atoms with Crippen molar-refractivity contribution >= 4 is 17.5 Å². The highest BCUT2D eigenvalue weighted by atomic mass is 35.5. The molecule has 1 aromatic rings. The molecule has 0 aliphatic carbocycles. The van der Waals surface area contributed by atoms with Crippen LogP contribution >= 0.6 is 11.6 Å². The molecule has 0 atom stereocenters. The lowest BCUT2D eigenvalue weighted by atomic mass is 10.2. The number of hydrogen-bond acceptors (Lipinski definition) is 3. The SMILES string of the molecule is COc1ccc(Cl)cc1C#CCNC(=O)CN. The minimum Gasteiger partial charge on any atom is -0.495 e. The number of rotatable bonds is 3. The molecule has 0 unspecified atom stereocenters. The standard InChI is InChI=1S/C12H13ClN2O2/c1-17-11-5-4-10(13)7-9(11)3-2-6-15-12(16)8-14/h4-5,7H,6,8,14H2,1H3,(H,15,16). The van der Waals surface area contributed by atoms with Crippen LogP contribution in [0.4, 0.5) is 0 Å². The van der Waals surface area contributed by atoms with Gasteiger partial charge in [0.1, 0.15) is 5.75 Å². The molecule has 0 bridgehead atoms. The maximum absolute atomic E-state index is 10.9. The van der Waals surface area contributed by atoms with E-state index in [-0.39, 0.29) is 19.0 Å². The molecular weight excluding hydrogens is 240 g/mol. The van der Waals surface area contributed by atoms with Gasteiger partial charge in [0.2, 0.25) is 5.91 Å². The molecule has 0 radical (unpaired) electrons. The first-order chi connectivity index (χ1) is 8.17. The second-order valence-electron chi connectivity index (χ2n) is 3.13. The van der Waals surface area contributed by atoms with Crippen LogP contribution in [0.5, 0.6) is 5.75 Å². The average molecular weight is 253 g/mol. The fourth-order valence-corrected chi connectivity index (χ4v) is 1.30. The molecule has 4 nitrogen and oxygen atoms in total. The molecule has 0 aliphatic heterocycles. The number of halogens is 1. The number of amides is 1. The summed E-state index contributed by atoms with van der Waals surface area (Å²) < 4.78 is 5.13. The van der Waals surface area contributed by atoms with Gasteiger partial charge >= 0.3 is 0 Å². The first kappa shape index (κ1) is 13.4. The Kier molecular flexibility index (Phi) is 5.34. The number of ether oxygens (including phenoxy) is 1. The van der Waals surface area contributed by atoms with Crippen molar-refractivity contribution in [1.82, 2.24) is 5.32 Å². The summed E-state index contributed by atoms with van der Waals surface area (Å²) in [6, 6.07) is 5.17. The van der Waals surface area contributed by atoms with Crippen molar-refractivity contribution in [3.63, 3.8) is 0 Å². The molecule has 0 aliphatic rings. The maximum Gasteiger partial charge on any atom is 0.234 e. The Morgan fingerprint density at radius 3 is 3.00 bits per heavy atom. The second kappa shape index (κ2) is 6.79. The third-order valence-electron chi connectivity index (χ3n) is 1.94. The molecule has 0 spiro atoms. The number of methoxy groups -OCH3 is 1. The van der Waals surface area contributed by atoms with E-state index in [0.717, 1.165) is 0 Å². The van der Waals surface area contributed by atoms with E-state index in [1.54, 1.807) is 25.3 Å². The number of carbonyl (C=O) groups is 1. The first-order valence-corrected chi connectivity index (χ1v) is 5.34. The van der Waals surface area contributed by atoms with Crippen molar-refractivity contribution in [2.45, 2.75) is 0 Å². The molecule has 0 heterocycles. The third kappa shape index (κ3) is 4.35. The van der Waals surface area contributed by atoms with Gasteiger partial charge in [-0.3, -0.25) is 4.79 Å². The Morgan fingerprint density at radius 1 is 1.59 bits per heavy atom. The van der Waals surface area contributed by atoms with Crippen LogP contribution in [0.1, 0.15) is 5.56 Å². The summed E-state index contributed by atoms with van der Waals surface area (Å²) >= 11 is 5.85. The van der Waals surface area contributed by atoms with Gasteiger partial charge in [-0.2, -0.15) is 0 Å². The van der Waals surface area contributed by atoms with Crippen molar-refractivity contribution in [3.8, 4) is 17.6 Å². The number of nitrogens with one attached hydrogen (secondary N) is 1. The molecule has 90 valence electrons. The Hall–Kier alpha value is -1.70. The summed E-state index contributed by atoms with van der Waals surface area (Å²) in [7, 11) is 1.56. The summed E-state index contributed by atoms with van der Waals surface area (Å²) in [5.74, 6) is 6.07. The summed E-state index contributed by atoms with van der Waals surface area (Å²) in [6.07, 6.45) is 0. The Balaban J connectivity index is 2.70. The fourth-order valence-electron chi connectivity index (χ4n) is 1.13. The Labute approximate surface area is 105 Å². The van der Waals surface area contributed by atoms with E-state index in [4.69, 9.17) is 22.1 Å². The van der Waals surface area contributed by atoms with Gasteiger partial charge in [0.15, 0.2) is 0 Å². The number of carbonyl (C=O) groups excluding carboxylic acids is 1. The Morgan fingerprint density at radius 2 is 2.35 bits per heavy atom. The van der Waals surface area contributed by atoms with Gasteiger partial charge < -0.3 is 15.8 Å². The lowest BCUT2D eigenvalue weighted by Crippen LogP contribution is -2.30. The molecule has 0 saturated carbocycles. The molecule has 1 aromatic carbocycles. The van der Waals surface area contributed by atoms with Gasteiger partial charge in [0, 0.05) is 5.02 Å². The highest BCUT2D eigenvalue weighted by Gasteiger charge is 2.00. The first-order valence-electron chi connectivity index (χ1n) is 4.96. The number of hydrogen-bond donors (Lipinski definition) is 2. The Bertz CT molecular complexity index is 463. The van der Waals surface area contributed by atoms with Crippen LogP contribution in [-0.4, -0.2) is 26.1 Å². The van der Waals surface area contributed by atoms with E-state index in [1.165, 1.54) is 0 Å². The highest BCUT2D eigenvalue weighted by Crippen LogP contribution is 2.21. The summed E-state index contributed by atoms with van der Waals surface area (Å²) in [6.45, 7) is 0.202. The van der Waals surface area contributed by atoms with Crippen LogP contribution in [-0.2, 0) is 4.79 Å². The minimum atomic E-state index is -0.239. The van der Waals surface area contributed by atoms with E-state index in [0.29, 0.717) is 16.3 Å². The lowest BCUT2D eigenvalue weighted by molar-refractivity contribution is -0.119. The second-order valence-corrected chi connectivity index (χ2v) is 3.56. The van der Waals surface area contributed by atoms with E-state index < -0.39 is 0 Å². The van der Waals surface area contributed by atoms with E-state index >= 15 is 0 Å². The molecule has 0 fully saturated rings. The predicted octanol–water partition coefficient (Wildman–Crippen LogP) is 0.775. The summed E-state index contributed by atoms with van der Waals surface area (Å²) in [4.78, 5) is 10.9. The van der Waals surface area contributed by atoms with E-state index in [1.807, 2.05) is 0 Å². The molecule has 1 rings (SSSR count). The number of nitrogens with two attached hydrogens (primary N) is 1. The predicted molar refractivity (Wildman–Crippen MR) is 66.9 cm³/mol. The zero-order valence-corrected chi connectivity index (χ0v) is 10.2. The van der Waals surface area contributed by atoms with Gasteiger partial charge in [0.05, 0.1) is 25.8 Å². The normalized spacial score (nSPS) is 9.12. The van der Waals surface area contributed by atoms with E-state index in [9.17, 15) is 4.79 Å². The molecular formula is C12H13ClN2O2. The minimum absolute atomic E-state index is 0.0395. The van der Waals surface area contributed by atoms with Crippen molar-refractivity contribution < 1.29 is 9.53 Å². The van der Waals surface area contributed by atoms with Crippen LogP contribution in [0.25, 0.3) is 0 Å². The summed E-state index contributed by atoms with van der Waals surface area (Å²) in [5.41, 5.74) is 5.82. The van der Waals surface area contributed by atoms with Gasteiger partial charge in [0.25, 0.3) is 0 Å². The monoisotopic (exact) mass is 252 g/mol. The molecule has 0 aromatic heterocycles. The summed E-state index contributed by atoms with van der Waals surface area (Å²) in [5, 5.41) is 3.13. The zero-order chi connectivity index (χ0) is 12.7. The highest BCUT2D eigenvalue weighted by molar-refractivity contribution is 6.30. The van der Waals surface area contributed by atoms with Crippen molar-refractivity contribution in [1.29, 1.82) is 0 Å². The molecule has 3 N–H and O–H groups in total. The van der Waals surface area contributed by atoms with Gasteiger partial charge in [-0.1, -0.05) is 23.4 Å². The third-order valence-corrected chi connectivity index (χ3v) is 2.18.